The summed E-state index contributed by atoms with van der Waals surface area (Å²) < 4.78 is 102. The molecule has 3 aromatic carbocycles. The minimum absolute atomic E-state index is 0.127. The summed E-state index contributed by atoms with van der Waals surface area (Å²) in [5.41, 5.74) is 0.183. The van der Waals surface area contributed by atoms with E-state index in [1.807, 2.05) is 0 Å². The predicted molar refractivity (Wildman–Crippen MR) is 129 cm³/mol. The van der Waals surface area contributed by atoms with Crippen molar-refractivity contribution in [1.82, 2.24) is 9.97 Å². The Labute approximate surface area is 219 Å². The first-order valence-corrected chi connectivity index (χ1v) is 11.7. The minimum Gasteiger partial charge on any atom is -0.429 e. The van der Waals surface area contributed by atoms with Gasteiger partial charge in [0.15, 0.2) is 23.3 Å². The number of rotatable bonds is 7. The van der Waals surface area contributed by atoms with Gasteiger partial charge in [0.05, 0.1) is 0 Å². The molecule has 200 valence electrons. The molecule has 0 fully saturated rings. The molecule has 0 aliphatic heterocycles. The Balaban J connectivity index is 1.51. The van der Waals surface area contributed by atoms with Crippen LogP contribution in [0.3, 0.4) is 0 Å². The number of halogens is 7. The summed E-state index contributed by atoms with van der Waals surface area (Å²) in [6.07, 6.45) is 1.86. The Kier molecular flexibility index (Phi) is 8.19. The maximum absolute atomic E-state index is 14.5. The second kappa shape index (κ2) is 11.6. The van der Waals surface area contributed by atoms with Crippen molar-refractivity contribution < 1.29 is 35.5 Å². The number of nitrogens with zero attached hydrogens (tertiary/aromatic N) is 2. The molecule has 0 aliphatic rings. The number of hydrogen-bond acceptors (Lipinski definition) is 3. The Morgan fingerprint density at radius 2 is 1.33 bits per heavy atom. The average molecular weight is 544 g/mol. The van der Waals surface area contributed by atoms with Gasteiger partial charge in [0.25, 0.3) is 0 Å². The zero-order valence-electron chi connectivity index (χ0n) is 20.3. The molecule has 10 heteroatoms. The van der Waals surface area contributed by atoms with E-state index in [1.54, 1.807) is 36.7 Å². The summed E-state index contributed by atoms with van der Waals surface area (Å²) in [6, 6.07) is 8.10. The number of ether oxygens (including phenoxy) is 1. The first-order chi connectivity index (χ1) is 18.6. The fourth-order valence-corrected chi connectivity index (χ4v) is 3.57. The molecule has 0 aliphatic carbocycles. The lowest BCUT2D eigenvalue weighted by atomic mass is 10.1. The molecule has 0 saturated carbocycles. The lowest BCUT2D eigenvalue weighted by Crippen LogP contribution is -2.25. The van der Waals surface area contributed by atoms with Gasteiger partial charge in [-0.2, -0.15) is 8.78 Å². The zero-order valence-corrected chi connectivity index (χ0v) is 20.3. The molecule has 4 rings (SSSR count). The maximum atomic E-state index is 14.5. The van der Waals surface area contributed by atoms with Crippen LogP contribution in [0.4, 0.5) is 30.7 Å². The molecule has 0 unspecified atom stereocenters. The number of unbranched alkanes of at least 4 members (excludes halogenated alkanes) is 1. The van der Waals surface area contributed by atoms with Crippen molar-refractivity contribution >= 4 is 0 Å². The SMILES string of the molecule is CCCCc1cnc(-c2ccc(C#Cc3cc(F)c(C(F)(F)Oc4cc(F)c(F)c(F)c4)c(F)c3)cc2)nc1. The van der Waals surface area contributed by atoms with Gasteiger partial charge >= 0.3 is 6.11 Å². The summed E-state index contributed by atoms with van der Waals surface area (Å²) >= 11 is 0. The summed E-state index contributed by atoms with van der Waals surface area (Å²) in [7, 11) is 0. The van der Waals surface area contributed by atoms with E-state index in [0.29, 0.717) is 23.5 Å². The third-order valence-electron chi connectivity index (χ3n) is 5.56. The van der Waals surface area contributed by atoms with Gasteiger partial charge in [0.1, 0.15) is 22.9 Å². The highest BCUT2D eigenvalue weighted by molar-refractivity contribution is 5.57. The van der Waals surface area contributed by atoms with E-state index in [9.17, 15) is 30.7 Å². The van der Waals surface area contributed by atoms with Gasteiger partial charge < -0.3 is 4.74 Å². The summed E-state index contributed by atoms with van der Waals surface area (Å²) in [5, 5.41) is 0. The number of aryl methyl sites for hydroxylation is 1. The molecule has 0 N–H and O–H groups in total. The molecule has 0 atom stereocenters. The molecule has 4 aromatic rings. The van der Waals surface area contributed by atoms with Crippen molar-refractivity contribution in [2.45, 2.75) is 32.3 Å². The van der Waals surface area contributed by atoms with Crippen molar-refractivity contribution in [2.24, 2.45) is 0 Å². The molecular weight excluding hydrogens is 525 g/mol. The van der Waals surface area contributed by atoms with Crippen LogP contribution >= 0.6 is 0 Å². The van der Waals surface area contributed by atoms with Crippen LogP contribution in [0.5, 0.6) is 5.75 Å². The lowest BCUT2D eigenvalue weighted by molar-refractivity contribution is -0.189. The van der Waals surface area contributed by atoms with Gasteiger partial charge in [-0.3, -0.25) is 0 Å². The van der Waals surface area contributed by atoms with Crippen molar-refractivity contribution in [1.29, 1.82) is 0 Å². The Bertz CT molecular complexity index is 1500. The van der Waals surface area contributed by atoms with E-state index in [2.05, 4.69) is 33.5 Å². The summed E-state index contributed by atoms with van der Waals surface area (Å²) in [4.78, 5) is 8.71. The van der Waals surface area contributed by atoms with Gasteiger partial charge in [0, 0.05) is 41.2 Å². The quantitative estimate of drug-likeness (QED) is 0.136. The molecule has 3 nitrogen and oxygen atoms in total. The second-order valence-electron chi connectivity index (χ2n) is 8.48. The Hall–Kier alpha value is -4.39. The second-order valence-corrected chi connectivity index (χ2v) is 8.48. The van der Waals surface area contributed by atoms with Gasteiger partial charge in [-0.05, 0) is 54.8 Å². The van der Waals surface area contributed by atoms with Crippen molar-refractivity contribution in [2.75, 3.05) is 0 Å². The monoisotopic (exact) mass is 544 g/mol. The predicted octanol–water partition coefficient (Wildman–Crippen LogP) is 7.71. The van der Waals surface area contributed by atoms with Crippen LogP contribution in [0.2, 0.25) is 0 Å². The molecule has 0 saturated heterocycles. The molecule has 39 heavy (non-hydrogen) atoms. The van der Waals surface area contributed by atoms with Crippen molar-refractivity contribution in [3.8, 4) is 29.0 Å². The molecule has 0 amide bonds. The fraction of sp³-hybridized carbons (Fsp3) is 0.172. The molecule has 0 spiro atoms. The van der Waals surface area contributed by atoms with Crippen LogP contribution in [0.25, 0.3) is 11.4 Å². The number of aromatic nitrogens is 2. The van der Waals surface area contributed by atoms with Crippen LogP contribution in [-0.4, -0.2) is 9.97 Å². The maximum Gasteiger partial charge on any atom is 0.432 e. The number of hydrogen-bond donors (Lipinski definition) is 0. The molecule has 1 heterocycles. The largest absolute Gasteiger partial charge is 0.432 e. The molecular formula is C29H19F7N2O. The highest BCUT2D eigenvalue weighted by Gasteiger charge is 2.41. The van der Waals surface area contributed by atoms with E-state index < -0.39 is 46.5 Å². The third kappa shape index (κ3) is 6.55. The van der Waals surface area contributed by atoms with Crippen LogP contribution in [0.15, 0.2) is 60.9 Å². The zero-order chi connectivity index (χ0) is 28.2. The highest BCUT2D eigenvalue weighted by Crippen LogP contribution is 2.36. The van der Waals surface area contributed by atoms with E-state index in [4.69, 9.17) is 0 Å². The van der Waals surface area contributed by atoms with E-state index in [-0.39, 0.29) is 17.7 Å². The Morgan fingerprint density at radius 3 is 1.90 bits per heavy atom. The van der Waals surface area contributed by atoms with Crippen LogP contribution in [0.1, 0.15) is 42.0 Å². The van der Waals surface area contributed by atoms with Crippen LogP contribution in [0, 0.1) is 40.9 Å². The summed E-state index contributed by atoms with van der Waals surface area (Å²) in [6.45, 7) is 2.10. The first kappa shape index (κ1) is 27.6. The average Bonchev–Trinajstić information content (AvgIpc) is 2.89. The number of alkyl halides is 2. The molecule has 0 bridgehead atoms. The lowest BCUT2D eigenvalue weighted by Gasteiger charge is -2.19. The van der Waals surface area contributed by atoms with Crippen molar-refractivity contribution in [3.63, 3.8) is 0 Å². The van der Waals surface area contributed by atoms with E-state index in [1.165, 1.54) is 0 Å². The smallest absolute Gasteiger partial charge is 0.429 e. The highest BCUT2D eigenvalue weighted by atomic mass is 19.3. The van der Waals surface area contributed by atoms with Gasteiger partial charge in [-0.15, -0.1) is 0 Å². The topological polar surface area (TPSA) is 35.0 Å². The minimum atomic E-state index is -4.68. The fourth-order valence-electron chi connectivity index (χ4n) is 3.57. The van der Waals surface area contributed by atoms with E-state index in [0.717, 1.165) is 30.4 Å². The van der Waals surface area contributed by atoms with Gasteiger partial charge in [-0.1, -0.05) is 25.2 Å². The van der Waals surface area contributed by atoms with Crippen LogP contribution in [-0.2, 0) is 12.5 Å². The normalized spacial score (nSPS) is 11.2. The Morgan fingerprint density at radius 1 is 0.769 bits per heavy atom. The van der Waals surface area contributed by atoms with Gasteiger partial charge in [-0.25, -0.2) is 31.9 Å². The van der Waals surface area contributed by atoms with Crippen molar-refractivity contribution in [3.05, 3.63) is 112 Å². The first-order valence-electron chi connectivity index (χ1n) is 11.7. The summed E-state index contributed by atoms with van der Waals surface area (Å²) in [5.74, 6) is -4.43. The third-order valence-corrected chi connectivity index (χ3v) is 5.56. The molecule has 1 aromatic heterocycles. The van der Waals surface area contributed by atoms with Gasteiger partial charge in [0.2, 0.25) is 0 Å². The van der Waals surface area contributed by atoms with Crippen LogP contribution < -0.4 is 4.74 Å². The number of benzene rings is 3. The van der Waals surface area contributed by atoms with E-state index >= 15 is 0 Å². The standard InChI is InChI=1S/C29H19F7N2O/c1-2-3-4-19-15-37-28(38-16-19)20-9-7-17(8-10-20)5-6-18-11-22(30)26(23(31)12-18)29(35,36)39-21-13-24(32)27(34)25(33)14-21/h7-16H,2-4H2,1H3. The molecule has 0 radical (unpaired) electrons.